The molecule has 1 rings (SSSR count). The maximum Gasteiger partial charge on any atom is 0.492 e. The second-order valence-electron chi connectivity index (χ2n) is 2.75. The molecule has 0 aliphatic rings. The molecule has 0 fully saturated rings. The lowest BCUT2D eigenvalue weighted by Crippen LogP contribution is -2.31. The minimum absolute atomic E-state index is 0.0955. The van der Waals surface area contributed by atoms with Gasteiger partial charge in [0.2, 0.25) is 0 Å². The molecule has 76 valence electrons. The van der Waals surface area contributed by atoms with Crippen LogP contribution in [0.2, 0.25) is 0 Å². The third-order valence-corrected chi connectivity index (χ3v) is 1.83. The van der Waals surface area contributed by atoms with Gasteiger partial charge in [-0.3, -0.25) is 0 Å². The smallest absolute Gasteiger partial charge is 0.492 e. The first-order chi connectivity index (χ1) is 6.56. The van der Waals surface area contributed by atoms with Gasteiger partial charge in [0.15, 0.2) is 6.29 Å². The van der Waals surface area contributed by atoms with E-state index in [9.17, 15) is 0 Å². The van der Waals surface area contributed by atoms with Crippen LogP contribution in [-0.2, 0) is 0 Å². The van der Waals surface area contributed by atoms with E-state index in [2.05, 4.69) is 0 Å². The maximum atomic E-state index is 8.95. The minimum atomic E-state index is -1.70. The Labute approximate surface area is 81.3 Å². The number of rotatable bonds is 3. The van der Waals surface area contributed by atoms with Crippen molar-refractivity contribution in [3.8, 4) is 5.75 Å². The van der Waals surface area contributed by atoms with Crippen LogP contribution in [0.15, 0.2) is 18.2 Å². The summed E-state index contributed by atoms with van der Waals surface area (Å²) in [6.07, 6.45) is -1.64. The number of aliphatic hydroxyl groups excluding tert-OH is 1. The number of benzene rings is 1. The van der Waals surface area contributed by atoms with E-state index >= 15 is 0 Å². The molecule has 0 bridgehead atoms. The first-order valence-corrected chi connectivity index (χ1v) is 3.96. The van der Waals surface area contributed by atoms with Gasteiger partial charge in [-0.2, -0.15) is 0 Å². The highest BCUT2D eigenvalue weighted by Gasteiger charge is 2.18. The molecule has 4 N–H and O–H groups in total. The van der Waals surface area contributed by atoms with E-state index in [0.717, 1.165) is 0 Å². The van der Waals surface area contributed by atoms with Crippen molar-refractivity contribution in [1.29, 1.82) is 0 Å². The summed E-state index contributed by atoms with van der Waals surface area (Å²) < 4.78 is 4.86. The monoisotopic (exact) mass is 198 g/mol. The van der Waals surface area contributed by atoms with Crippen LogP contribution in [0, 0.1) is 0 Å². The summed E-state index contributed by atoms with van der Waals surface area (Å²) >= 11 is 0. The van der Waals surface area contributed by atoms with Crippen molar-refractivity contribution in [2.45, 2.75) is 6.29 Å². The van der Waals surface area contributed by atoms with Crippen molar-refractivity contribution in [1.82, 2.24) is 0 Å². The normalized spacial score (nSPS) is 10.4. The van der Waals surface area contributed by atoms with Crippen LogP contribution in [0.4, 0.5) is 0 Å². The Morgan fingerprint density at radius 1 is 1.29 bits per heavy atom. The first kappa shape index (κ1) is 11.0. The van der Waals surface area contributed by atoms with Crippen LogP contribution < -0.4 is 10.2 Å². The predicted octanol–water partition coefficient (Wildman–Crippen LogP) is -1.64. The molecule has 0 heterocycles. The van der Waals surface area contributed by atoms with E-state index in [0.29, 0.717) is 0 Å². The number of hydrogen-bond acceptors (Lipinski definition) is 5. The zero-order chi connectivity index (χ0) is 10.7. The molecule has 1 aromatic rings. The number of ether oxygens (including phenoxy) is 1. The van der Waals surface area contributed by atoms with Gasteiger partial charge in [0.1, 0.15) is 5.75 Å². The highest BCUT2D eigenvalue weighted by molar-refractivity contribution is 6.59. The fraction of sp³-hybridized carbons (Fsp3) is 0.250. The fourth-order valence-electron chi connectivity index (χ4n) is 1.12. The summed E-state index contributed by atoms with van der Waals surface area (Å²) in [7, 11) is -0.320. The Morgan fingerprint density at radius 2 is 1.93 bits per heavy atom. The number of hydrogen-bond donors (Lipinski definition) is 4. The fourth-order valence-corrected chi connectivity index (χ4v) is 1.12. The van der Waals surface area contributed by atoms with Crippen LogP contribution in [0.3, 0.4) is 0 Å². The van der Waals surface area contributed by atoms with Crippen molar-refractivity contribution >= 4 is 12.6 Å². The number of methoxy groups -OCH3 is 1. The lowest BCUT2D eigenvalue weighted by Gasteiger charge is -2.10. The van der Waals surface area contributed by atoms with Crippen LogP contribution in [0.25, 0.3) is 0 Å². The van der Waals surface area contributed by atoms with Gasteiger partial charge in [-0.25, -0.2) is 0 Å². The lowest BCUT2D eigenvalue weighted by molar-refractivity contribution is -0.0424. The average molecular weight is 198 g/mol. The molecule has 14 heavy (non-hydrogen) atoms. The maximum absolute atomic E-state index is 8.95. The molecule has 0 aliphatic heterocycles. The third kappa shape index (κ3) is 2.24. The van der Waals surface area contributed by atoms with E-state index in [-0.39, 0.29) is 16.8 Å². The molecular formula is C8H11BO5. The van der Waals surface area contributed by atoms with Gasteiger partial charge in [0.25, 0.3) is 0 Å². The Kier molecular flexibility index (Phi) is 3.48. The summed E-state index contributed by atoms with van der Waals surface area (Å²) in [6, 6.07) is 4.12. The molecule has 0 radical (unpaired) electrons. The van der Waals surface area contributed by atoms with E-state index in [1.807, 2.05) is 0 Å². The van der Waals surface area contributed by atoms with E-state index in [1.54, 1.807) is 0 Å². The second kappa shape index (κ2) is 4.43. The Bertz CT molecular complexity index is 313. The van der Waals surface area contributed by atoms with Gasteiger partial charge in [-0.05, 0) is 6.07 Å². The molecular weight excluding hydrogens is 187 g/mol. The van der Waals surface area contributed by atoms with Crippen molar-refractivity contribution < 1.29 is 25.0 Å². The van der Waals surface area contributed by atoms with Gasteiger partial charge in [0.05, 0.1) is 7.11 Å². The molecule has 5 nitrogen and oxygen atoms in total. The highest BCUT2D eigenvalue weighted by Crippen LogP contribution is 2.14. The van der Waals surface area contributed by atoms with Crippen molar-refractivity contribution in [2.24, 2.45) is 0 Å². The van der Waals surface area contributed by atoms with E-state index < -0.39 is 13.4 Å². The van der Waals surface area contributed by atoms with Crippen LogP contribution >= 0.6 is 0 Å². The summed E-state index contributed by atoms with van der Waals surface area (Å²) in [5.41, 5.74) is 0.270. The quantitative estimate of drug-likeness (QED) is 0.345. The standard InChI is InChI=1S/C8H11BO5/c1-14-7-3-2-5(8(10)11)4-6(7)9(12)13/h2-4,8,10-13H,1H3. The molecule has 0 saturated carbocycles. The first-order valence-electron chi connectivity index (χ1n) is 3.96. The van der Waals surface area contributed by atoms with Crippen LogP contribution in [0.1, 0.15) is 11.9 Å². The Balaban J connectivity index is 3.14. The molecule has 0 aromatic heterocycles. The molecule has 0 amide bonds. The predicted molar refractivity (Wildman–Crippen MR) is 50.0 cm³/mol. The van der Waals surface area contributed by atoms with Gasteiger partial charge in [0, 0.05) is 11.0 Å². The van der Waals surface area contributed by atoms with Gasteiger partial charge in [-0.15, -0.1) is 0 Å². The zero-order valence-corrected chi connectivity index (χ0v) is 7.58. The van der Waals surface area contributed by atoms with E-state index in [4.69, 9.17) is 25.0 Å². The topological polar surface area (TPSA) is 90.2 Å². The lowest BCUT2D eigenvalue weighted by atomic mass is 9.78. The summed E-state index contributed by atoms with van der Waals surface area (Å²) in [5.74, 6) is 0.282. The molecule has 1 aromatic carbocycles. The largest absolute Gasteiger partial charge is 0.497 e. The van der Waals surface area contributed by atoms with Gasteiger partial charge < -0.3 is 25.0 Å². The molecule has 0 atom stereocenters. The summed E-state index contributed by atoms with van der Waals surface area (Å²) in [4.78, 5) is 0. The van der Waals surface area contributed by atoms with Gasteiger partial charge >= 0.3 is 7.12 Å². The van der Waals surface area contributed by atoms with Gasteiger partial charge in [-0.1, -0.05) is 12.1 Å². The SMILES string of the molecule is COc1ccc(C(O)O)cc1B(O)O. The molecule has 0 saturated heterocycles. The van der Waals surface area contributed by atoms with Crippen molar-refractivity contribution in [3.05, 3.63) is 23.8 Å². The van der Waals surface area contributed by atoms with Crippen LogP contribution in [0.5, 0.6) is 5.75 Å². The second-order valence-corrected chi connectivity index (χ2v) is 2.75. The van der Waals surface area contributed by atoms with Crippen LogP contribution in [-0.4, -0.2) is 34.5 Å². The van der Waals surface area contributed by atoms with Crippen molar-refractivity contribution in [3.63, 3.8) is 0 Å². The molecule has 0 spiro atoms. The molecule has 6 heteroatoms. The molecule has 0 unspecified atom stereocenters. The van der Waals surface area contributed by atoms with E-state index in [1.165, 1.54) is 25.3 Å². The summed E-state index contributed by atoms with van der Waals surface area (Å²) in [5, 5.41) is 35.6. The Morgan fingerprint density at radius 3 is 2.36 bits per heavy atom. The average Bonchev–Trinajstić information content (AvgIpc) is 2.16. The molecule has 0 aliphatic carbocycles. The van der Waals surface area contributed by atoms with Crippen molar-refractivity contribution in [2.75, 3.05) is 7.11 Å². The zero-order valence-electron chi connectivity index (χ0n) is 7.58. The summed E-state index contributed by atoms with van der Waals surface area (Å²) in [6.45, 7) is 0. The Hall–Kier alpha value is -1.08. The minimum Gasteiger partial charge on any atom is -0.497 e. The third-order valence-electron chi connectivity index (χ3n) is 1.83. The number of aliphatic hydroxyl groups is 2. The highest BCUT2D eigenvalue weighted by atomic mass is 16.5.